The molecule has 0 aliphatic carbocycles. The number of hydrogen-bond acceptors (Lipinski definition) is 4. The van der Waals surface area contributed by atoms with Crippen molar-refractivity contribution in [1.29, 1.82) is 0 Å². The van der Waals surface area contributed by atoms with Gasteiger partial charge in [0.1, 0.15) is 5.69 Å². The lowest BCUT2D eigenvalue weighted by atomic mass is 9.92. The lowest BCUT2D eigenvalue weighted by Gasteiger charge is -2.41. The average molecular weight is 348 g/mol. The number of β-amino-alcohol motifs (C(OH)–C–C–N with tert-alkyl or cyclic N) is 1. The molecule has 1 aromatic heterocycles. The van der Waals surface area contributed by atoms with Gasteiger partial charge in [-0.2, -0.15) is 5.10 Å². The summed E-state index contributed by atoms with van der Waals surface area (Å²) >= 11 is 0. The van der Waals surface area contributed by atoms with Crippen LogP contribution in [-0.4, -0.2) is 68.9 Å². The Morgan fingerprint density at radius 1 is 1.28 bits per heavy atom. The SMILES string of the molecule is CCn1nc(C(C)C)cc1C(=O)N1CCC[C@](O)(CN2CCCC2)C1. The van der Waals surface area contributed by atoms with Crippen LogP contribution in [0.5, 0.6) is 0 Å². The predicted molar refractivity (Wildman–Crippen MR) is 97.8 cm³/mol. The van der Waals surface area contributed by atoms with Crippen LogP contribution in [0.2, 0.25) is 0 Å². The summed E-state index contributed by atoms with van der Waals surface area (Å²) in [4.78, 5) is 17.2. The molecule has 0 saturated carbocycles. The van der Waals surface area contributed by atoms with E-state index < -0.39 is 5.60 Å². The topological polar surface area (TPSA) is 61.6 Å². The lowest BCUT2D eigenvalue weighted by Crippen LogP contribution is -2.55. The van der Waals surface area contributed by atoms with E-state index in [0.717, 1.165) is 31.6 Å². The van der Waals surface area contributed by atoms with Crippen LogP contribution in [0.15, 0.2) is 6.07 Å². The molecule has 2 saturated heterocycles. The predicted octanol–water partition coefficient (Wildman–Crippen LogP) is 2.09. The number of amides is 1. The Hall–Kier alpha value is -1.40. The molecule has 2 aliphatic heterocycles. The third-order valence-electron chi connectivity index (χ3n) is 5.47. The fourth-order valence-corrected chi connectivity index (χ4v) is 4.07. The van der Waals surface area contributed by atoms with Crippen molar-refractivity contribution in [3.8, 4) is 0 Å². The number of carbonyl (C=O) groups is 1. The van der Waals surface area contributed by atoms with Crippen molar-refractivity contribution < 1.29 is 9.90 Å². The fraction of sp³-hybridized carbons (Fsp3) is 0.789. The van der Waals surface area contributed by atoms with E-state index in [2.05, 4.69) is 23.8 Å². The Bertz CT molecular complexity index is 607. The number of aromatic nitrogens is 2. The monoisotopic (exact) mass is 348 g/mol. The first-order valence-corrected chi connectivity index (χ1v) is 9.73. The van der Waals surface area contributed by atoms with Gasteiger partial charge in [0.25, 0.3) is 5.91 Å². The Morgan fingerprint density at radius 2 is 2.00 bits per heavy atom. The number of nitrogens with zero attached hydrogens (tertiary/aromatic N) is 4. The molecular formula is C19H32N4O2. The highest BCUT2D eigenvalue weighted by atomic mass is 16.3. The Kier molecular flexibility index (Phi) is 5.49. The van der Waals surface area contributed by atoms with Gasteiger partial charge < -0.3 is 14.9 Å². The number of likely N-dealkylation sites (tertiary alicyclic amines) is 2. The molecule has 25 heavy (non-hydrogen) atoms. The standard InChI is InChI=1S/C19H32N4O2/c1-4-23-17(12-16(20-23)15(2)3)18(24)22-11-7-8-19(25,14-22)13-21-9-5-6-10-21/h12,15,25H,4-11,13-14H2,1-3H3/t19-/m0/s1. The molecule has 1 aromatic rings. The van der Waals surface area contributed by atoms with Crippen molar-refractivity contribution in [1.82, 2.24) is 19.6 Å². The largest absolute Gasteiger partial charge is 0.387 e. The summed E-state index contributed by atoms with van der Waals surface area (Å²) < 4.78 is 1.80. The number of rotatable bonds is 5. The molecule has 6 nitrogen and oxygen atoms in total. The van der Waals surface area contributed by atoms with Crippen LogP contribution >= 0.6 is 0 Å². The van der Waals surface area contributed by atoms with Crippen molar-refractivity contribution >= 4 is 5.91 Å². The zero-order chi connectivity index (χ0) is 18.0. The molecule has 3 rings (SSSR count). The smallest absolute Gasteiger partial charge is 0.272 e. The van der Waals surface area contributed by atoms with Crippen LogP contribution in [0.25, 0.3) is 0 Å². The van der Waals surface area contributed by atoms with E-state index >= 15 is 0 Å². The van der Waals surface area contributed by atoms with Crippen molar-refractivity contribution in [2.75, 3.05) is 32.7 Å². The number of hydrogen-bond donors (Lipinski definition) is 1. The van der Waals surface area contributed by atoms with Crippen LogP contribution in [-0.2, 0) is 6.54 Å². The fourth-order valence-electron chi connectivity index (χ4n) is 4.07. The summed E-state index contributed by atoms with van der Waals surface area (Å²) in [6.07, 6.45) is 4.06. The van der Waals surface area contributed by atoms with Gasteiger partial charge in [0.15, 0.2) is 0 Å². The third kappa shape index (κ3) is 4.06. The summed E-state index contributed by atoms with van der Waals surface area (Å²) in [6, 6.07) is 1.92. The van der Waals surface area contributed by atoms with Gasteiger partial charge in [-0.15, -0.1) is 0 Å². The van der Waals surface area contributed by atoms with Crippen LogP contribution < -0.4 is 0 Å². The summed E-state index contributed by atoms with van der Waals surface area (Å²) in [7, 11) is 0. The summed E-state index contributed by atoms with van der Waals surface area (Å²) in [5.74, 6) is 0.300. The minimum absolute atomic E-state index is 0.000738. The number of piperidine rings is 1. The first kappa shape index (κ1) is 18.4. The van der Waals surface area contributed by atoms with Crippen LogP contribution in [0.3, 0.4) is 0 Å². The normalized spacial score (nSPS) is 25.1. The molecule has 0 radical (unpaired) electrons. The quantitative estimate of drug-likeness (QED) is 0.885. The highest BCUT2D eigenvalue weighted by Crippen LogP contribution is 2.26. The molecule has 0 bridgehead atoms. The third-order valence-corrected chi connectivity index (χ3v) is 5.47. The van der Waals surface area contributed by atoms with E-state index in [1.165, 1.54) is 12.8 Å². The van der Waals surface area contributed by atoms with Crippen LogP contribution in [0, 0.1) is 0 Å². The minimum atomic E-state index is -0.782. The molecule has 1 N–H and O–H groups in total. The molecule has 2 fully saturated rings. The Labute approximate surface area is 150 Å². The van der Waals surface area contributed by atoms with Gasteiger partial charge in [-0.05, 0) is 57.7 Å². The van der Waals surface area contributed by atoms with Gasteiger partial charge in [0, 0.05) is 19.6 Å². The summed E-state index contributed by atoms with van der Waals surface area (Å²) in [5.41, 5.74) is 0.821. The van der Waals surface area contributed by atoms with E-state index in [9.17, 15) is 9.90 Å². The van der Waals surface area contributed by atoms with E-state index in [1.807, 2.05) is 17.9 Å². The Balaban J connectivity index is 1.73. The molecule has 0 spiro atoms. The van der Waals surface area contributed by atoms with E-state index in [-0.39, 0.29) is 5.91 Å². The molecule has 2 aliphatic rings. The van der Waals surface area contributed by atoms with E-state index in [4.69, 9.17) is 0 Å². The number of carbonyl (C=O) groups excluding carboxylic acids is 1. The van der Waals surface area contributed by atoms with E-state index in [1.54, 1.807) is 4.68 Å². The van der Waals surface area contributed by atoms with Gasteiger partial charge in [-0.3, -0.25) is 9.48 Å². The highest BCUT2D eigenvalue weighted by Gasteiger charge is 2.38. The van der Waals surface area contributed by atoms with Gasteiger partial charge in [-0.1, -0.05) is 13.8 Å². The summed E-state index contributed by atoms with van der Waals surface area (Å²) in [6.45, 7) is 10.8. The molecule has 6 heteroatoms. The maximum absolute atomic E-state index is 13.1. The lowest BCUT2D eigenvalue weighted by molar-refractivity contribution is -0.0433. The first-order chi connectivity index (χ1) is 11.9. The molecule has 1 atom stereocenters. The van der Waals surface area contributed by atoms with Crippen molar-refractivity contribution in [3.05, 3.63) is 17.5 Å². The Morgan fingerprint density at radius 3 is 2.64 bits per heavy atom. The number of aryl methyl sites for hydroxylation is 1. The van der Waals surface area contributed by atoms with Crippen LogP contribution in [0.1, 0.15) is 68.6 Å². The molecule has 0 unspecified atom stereocenters. The van der Waals surface area contributed by atoms with Gasteiger partial charge in [0.05, 0.1) is 17.8 Å². The molecule has 3 heterocycles. The van der Waals surface area contributed by atoms with Crippen molar-refractivity contribution in [2.24, 2.45) is 0 Å². The van der Waals surface area contributed by atoms with Crippen molar-refractivity contribution in [2.45, 2.75) is 64.5 Å². The summed E-state index contributed by atoms with van der Waals surface area (Å²) in [5, 5.41) is 15.6. The van der Waals surface area contributed by atoms with Gasteiger partial charge in [-0.25, -0.2) is 0 Å². The molecule has 0 aromatic carbocycles. The molecular weight excluding hydrogens is 316 g/mol. The van der Waals surface area contributed by atoms with Crippen LogP contribution in [0.4, 0.5) is 0 Å². The van der Waals surface area contributed by atoms with E-state index in [0.29, 0.717) is 37.8 Å². The second kappa shape index (κ2) is 7.46. The second-order valence-electron chi connectivity index (χ2n) is 7.96. The zero-order valence-electron chi connectivity index (χ0n) is 15.9. The number of aliphatic hydroxyl groups is 1. The maximum atomic E-state index is 13.1. The highest BCUT2D eigenvalue weighted by molar-refractivity contribution is 5.93. The molecule has 1 amide bonds. The molecule has 140 valence electrons. The average Bonchev–Trinajstić information content (AvgIpc) is 3.22. The first-order valence-electron chi connectivity index (χ1n) is 9.73. The second-order valence-corrected chi connectivity index (χ2v) is 7.96. The van der Waals surface area contributed by atoms with Crippen molar-refractivity contribution in [3.63, 3.8) is 0 Å². The maximum Gasteiger partial charge on any atom is 0.272 e. The minimum Gasteiger partial charge on any atom is -0.387 e. The van der Waals surface area contributed by atoms with Gasteiger partial charge in [0.2, 0.25) is 0 Å². The zero-order valence-corrected chi connectivity index (χ0v) is 15.9. The van der Waals surface area contributed by atoms with Gasteiger partial charge >= 0.3 is 0 Å².